The lowest BCUT2D eigenvalue weighted by atomic mass is 9.78. The number of benzene rings is 1. The van der Waals surface area contributed by atoms with Gasteiger partial charge in [-0.2, -0.15) is 0 Å². The lowest BCUT2D eigenvalue weighted by Gasteiger charge is -2.28. The number of hydrogen-bond acceptors (Lipinski definition) is 3. The summed E-state index contributed by atoms with van der Waals surface area (Å²) < 4.78 is 0. The molecule has 2 fully saturated rings. The third-order valence-corrected chi connectivity index (χ3v) is 5.79. The Morgan fingerprint density at radius 1 is 0.852 bits per heavy atom. The van der Waals surface area contributed by atoms with Crippen molar-refractivity contribution in [3.05, 3.63) is 29.8 Å². The van der Waals surface area contributed by atoms with Crippen LogP contribution in [0, 0.1) is 11.8 Å². The van der Waals surface area contributed by atoms with E-state index in [0.717, 1.165) is 38.5 Å². The predicted octanol–water partition coefficient (Wildman–Crippen LogP) is 3.58. The highest BCUT2D eigenvalue weighted by molar-refractivity contribution is 6.04. The van der Waals surface area contributed by atoms with Crippen molar-refractivity contribution in [1.29, 1.82) is 0 Å². The smallest absolute Gasteiger partial charge is 0.307 e. The molecule has 0 saturated heterocycles. The zero-order valence-corrected chi connectivity index (χ0v) is 15.6. The summed E-state index contributed by atoms with van der Waals surface area (Å²) in [4.78, 5) is 36.9. The minimum Gasteiger partial charge on any atom is -0.481 e. The van der Waals surface area contributed by atoms with Crippen LogP contribution in [-0.2, 0) is 9.59 Å². The molecular formula is C21H28N2O4. The van der Waals surface area contributed by atoms with E-state index in [9.17, 15) is 19.5 Å². The maximum atomic E-state index is 12.7. The summed E-state index contributed by atoms with van der Waals surface area (Å²) in [6.45, 7) is 0. The average Bonchev–Trinajstić information content (AvgIpc) is 2.69. The summed E-state index contributed by atoms with van der Waals surface area (Å²) in [7, 11) is 0. The fourth-order valence-corrected chi connectivity index (χ4v) is 4.27. The van der Waals surface area contributed by atoms with Gasteiger partial charge < -0.3 is 15.7 Å². The van der Waals surface area contributed by atoms with Crippen LogP contribution in [0.5, 0.6) is 0 Å². The second-order valence-electron chi connectivity index (χ2n) is 7.68. The topological polar surface area (TPSA) is 95.5 Å². The Balaban J connectivity index is 1.70. The third kappa shape index (κ3) is 4.87. The van der Waals surface area contributed by atoms with E-state index in [1.165, 1.54) is 6.42 Å². The number of carboxylic acids is 1. The van der Waals surface area contributed by atoms with Gasteiger partial charge in [-0.05, 0) is 37.8 Å². The van der Waals surface area contributed by atoms with Crippen LogP contribution in [-0.4, -0.2) is 28.9 Å². The molecule has 3 rings (SSSR count). The quantitative estimate of drug-likeness (QED) is 0.736. The number of carboxylic acid groups (broad SMARTS) is 1. The molecule has 3 N–H and O–H groups in total. The second kappa shape index (κ2) is 9.02. The highest BCUT2D eigenvalue weighted by Gasteiger charge is 2.36. The fraction of sp³-hybridized carbons (Fsp3) is 0.571. The number of carbonyl (C=O) groups is 3. The first-order chi connectivity index (χ1) is 13.1. The Kier molecular flexibility index (Phi) is 6.48. The van der Waals surface area contributed by atoms with E-state index in [1.54, 1.807) is 24.3 Å². The van der Waals surface area contributed by atoms with E-state index >= 15 is 0 Å². The number of carbonyl (C=O) groups excluding carboxylic acids is 2. The van der Waals surface area contributed by atoms with E-state index in [4.69, 9.17) is 0 Å². The SMILES string of the molecule is O=C(NC1CCCCC1)c1ccccc1NC(=O)[C@@H]1CCCC[C@H]1C(=O)O. The molecule has 0 aromatic heterocycles. The van der Waals surface area contributed by atoms with Gasteiger partial charge in [0.2, 0.25) is 5.91 Å². The highest BCUT2D eigenvalue weighted by Crippen LogP contribution is 2.31. The third-order valence-electron chi connectivity index (χ3n) is 5.79. The van der Waals surface area contributed by atoms with Gasteiger partial charge in [-0.25, -0.2) is 0 Å². The molecule has 146 valence electrons. The van der Waals surface area contributed by atoms with Crippen LogP contribution in [0.3, 0.4) is 0 Å². The summed E-state index contributed by atoms with van der Waals surface area (Å²) in [6, 6.07) is 7.12. The zero-order valence-electron chi connectivity index (χ0n) is 15.6. The number of rotatable bonds is 5. The van der Waals surface area contributed by atoms with E-state index in [-0.39, 0.29) is 17.9 Å². The van der Waals surface area contributed by atoms with Crippen LogP contribution >= 0.6 is 0 Å². The molecule has 2 aliphatic rings. The summed E-state index contributed by atoms with van der Waals surface area (Å²) in [5.74, 6) is -2.61. The van der Waals surface area contributed by atoms with Crippen molar-refractivity contribution in [3.63, 3.8) is 0 Å². The zero-order chi connectivity index (χ0) is 19.2. The van der Waals surface area contributed by atoms with Crippen LogP contribution in [0.15, 0.2) is 24.3 Å². The minimum absolute atomic E-state index is 0.184. The molecule has 2 saturated carbocycles. The van der Waals surface area contributed by atoms with Gasteiger partial charge >= 0.3 is 5.97 Å². The van der Waals surface area contributed by atoms with Crippen LogP contribution < -0.4 is 10.6 Å². The Hall–Kier alpha value is -2.37. The fourth-order valence-electron chi connectivity index (χ4n) is 4.27. The van der Waals surface area contributed by atoms with Gasteiger partial charge in [-0.1, -0.05) is 44.2 Å². The van der Waals surface area contributed by atoms with E-state index in [2.05, 4.69) is 10.6 Å². The molecule has 0 heterocycles. The molecular weight excluding hydrogens is 344 g/mol. The number of hydrogen-bond donors (Lipinski definition) is 3. The normalized spacial score (nSPS) is 23.4. The van der Waals surface area contributed by atoms with Crippen molar-refractivity contribution < 1.29 is 19.5 Å². The van der Waals surface area contributed by atoms with Gasteiger partial charge in [0.25, 0.3) is 5.91 Å². The number of anilines is 1. The molecule has 2 aliphatic carbocycles. The monoisotopic (exact) mass is 372 g/mol. The van der Waals surface area contributed by atoms with Gasteiger partial charge in [0.15, 0.2) is 0 Å². The first-order valence-electron chi connectivity index (χ1n) is 10.00. The first kappa shape index (κ1) is 19.4. The Labute approximate surface area is 159 Å². The van der Waals surface area contributed by atoms with E-state index in [0.29, 0.717) is 24.1 Å². The van der Waals surface area contributed by atoms with Crippen LogP contribution in [0.25, 0.3) is 0 Å². The van der Waals surface area contributed by atoms with Crippen molar-refractivity contribution in [2.75, 3.05) is 5.32 Å². The van der Waals surface area contributed by atoms with Gasteiger partial charge in [-0.15, -0.1) is 0 Å². The molecule has 6 nitrogen and oxygen atoms in total. The highest BCUT2D eigenvalue weighted by atomic mass is 16.4. The Bertz CT molecular complexity index is 697. The molecule has 2 amide bonds. The summed E-state index contributed by atoms with van der Waals surface area (Å²) >= 11 is 0. The standard InChI is InChI=1S/C21H28N2O4/c24-19(15-10-4-5-11-16(15)21(26)27)23-18-13-7-6-12-17(18)20(25)22-14-8-2-1-3-9-14/h6-7,12-16H,1-5,8-11H2,(H,22,25)(H,23,24)(H,26,27)/t15-,16-/m1/s1. The first-order valence-corrected chi connectivity index (χ1v) is 10.00. The maximum absolute atomic E-state index is 12.7. The largest absolute Gasteiger partial charge is 0.481 e. The molecule has 1 aromatic carbocycles. The Morgan fingerprint density at radius 3 is 2.19 bits per heavy atom. The minimum atomic E-state index is -0.918. The lowest BCUT2D eigenvalue weighted by Crippen LogP contribution is -2.38. The number of amides is 2. The summed E-state index contributed by atoms with van der Waals surface area (Å²) in [5.41, 5.74) is 0.879. The van der Waals surface area contributed by atoms with Crippen LogP contribution in [0.2, 0.25) is 0 Å². The van der Waals surface area contributed by atoms with Gasteiger partial charge in [0.1, 0.15) is 0 Å². The van der Waals surface area contributed by atoms with E-state index < -0.39 is 17.8 Å². The van der Waals surface area contributed by atoms with Crippen molar-refractivity contribution in [2.24, 2.45) is 11.8 Å². The maximum Gasteiger partial charge on any atom is 0.307 e. The summed E-state index contributed by atoms with van der Waals surface area (Å²) in [6.07, 6.45) is 8.23. The van der Waals surface area contributed by atoms with Crippen molar-refractivity contribution >= 4 is 23.5 Å². The van der Waals surface area contributed by atoms with E-state index in [1.807, 2.05) is 0 Å². The number of nitrogens with one attached hydrogen (secondary N) is 2. The van der Waals surface area contributed by atoms with Crippen molar-refractivity contribution in [3.8, 4) is 0 Å². The molecule has 0 spiro atoms. The van der Waals surface area contributed by atoms with Gasteiger partial charge in [-0.3, -0.25) is 14.4 Å². The van der Waals surface area contributed by atoms with Crippen molar-refractivity contribution in [1.82, 2.24) is 5.32 Å². The molecule has 0 unspecified atom stereocenters. The van der Waals surface area contributed by atoms with Crippen LogP contribution in [0.4, 0.5) is 5.69 Å². The molecule has 6 heteroatoms. The molecule has 2 atom stereocenters. The van der Waals surface area contributed by atoms with Crippen molar-refractivity contribution in [2.45, 2.75) is 63.8 Å². The number of aliphatic carboxylic acids is 1. The van der Waals surface area contributed by atoms with Gasteiger partial charge in [0, 0.05) is 6.04 Å². The molecule has 27 heavy (non-hydrogen) atoms. The van der Waals surface area contributed by atoms with Crippen LogP contribution in [0.1, 0.15) is 68.1 Å². The molecule has 0 bridgehead atoms. The second-order valence-corrected chi connectivity index (χ2v) is 7.68. The lowest BCUT2D eigenvalue weighted by molar-refractivity contribution is -0.147. The average molecular weight is 372 g/mol. The molecule has 0 radical (unpaired) electrons. The number of para-hydroxylation sites is 1. The summed E-state index contributed by atoms with van der Waals surface area (Å²) in [5, 5.41) is 15.3. The molecule has 1 aromatic rings. The Morgan fingerprint density at radius 2 is 1.48 bits per heavy atom. The molecule has 0 aliphatic heterocycles. The van der Waals surface area contributed by atoms with Gasteiger partial charge in [0.05, 0.1) is 23.1 Å². The predicted molar refractivity (Wildman–Crippen MR) is 102 cm³/mol.